The molecule has 0 aromatic rings. The van der Waals surface area contributed by atoms with Crippen LogP contribution in [0.3, 0.4) is 0 Å². The van der Waals surface area contributed by atoms with Gasteiger partial charge in [-0.25, -0.2) is 4.79 Å². The summed E-state index contributed by atoms with van der Waals surface area (Å²) in [6.45, 7) is 7.46. The number of hydrogen-bond donors (Lipinski definition) is 1. The van der Waals surface area contributed by atoms with E-state index in [1.165, 1.54) is 0 Å². The lowest BCUT2D eigenvalue weighted by molar-refractivity contribution is -0.141. The van der Waals surface area contributed by atoms with Gasteiger partial charge in [-0.2, -0.15) is 0 Å². The molecule has 3 rings (SSSR count). The number of piperidine rings is 2. The van der Waals surface area contributed by atoms with E-state index in [-0.39, 0.29) is 11.4 Å². The molecule has 0 radical (unpaired) electrons. The van der Waals surface area contributed by atoms with Crippen LogP contribution in [0.5, 0.6) is 0 Å². The second-order valence-corrected chi connectivity index (χ2v) is 7.95. The van der Waals surface area contributed by atoms with Crippen LogP contribution in [0.1, 0.15) is 45.4 Å². The zero-order valence-electron chi connectivity index (χ0n) is 15.2. The summed E-state index contributed by atoms with van der Waals surface area (Å²) >= 11 is 0. The highest BCUT2D eigenvalue weighted by Gasteiger charge is 2.44. The molecule has 3 saturated heterocycles. The van der Waals surface area contributed by atoms with Gasteiger partial charge in [-0.15, -0.1) is 0 Å². The Bertz CT molecular complexity index is 474. The lowest BCUT2D eigenvalue weighted by Crippen LogP contribution is -2.56. The first-order valence-corrected chi connectivity index (χ1v) is 9.54. The third-order valence-corrected chi connectivity index (χ3v) is 6.14. The first-order chi connectivity index (χ1) is 11.5. The fourth-order valence-corrected chi connectivity index (χ4v) is 4.48. The van der Waals surface area contributed by atoms with Gasteiger partial charge in [-0.1, -0.05) is 6.92 Å². The number of nitrogens with one attached hydrogen (secondary N) is 1. The van der Waals surface area contributed by atoms with Crippen molar-refractivity contribution in [1.29, 1.82) is 0 Å². The van der Waals surface area contributed by atoms with E-state index in [9.17, 15) is 9.59 Å². The smallest absolute Gasteiger partial charge is 0.317 e. The molecular formula is C18H32N4O2. The summed E-state index contributed by atoms with van der Waals surface area (Å²) in [5.74, 6) is 0.337. The highest BCUT2D eigenvalue weighted by atomic mass is 16.2. The summed E-state index contributed by atoms with van der Waals surface area (Å²) in [4.78, 5) is 31.0. The van der Waals surface area contributed by atoms with Crippen LogP contribution in [0, 0.1) is 5.41 Å². The van der Waals surface area contributed by atoms with Gasteiger partial charge in [0.2, 0.25) is 5.91 Å². The van der Waals surface area contributed by atoms with Crippen molar-refractivity contribution < 1.29 is 9.59 Å². The molecule has 1 atom stereocenters. The standard InChI is InChI=1S/C18H32N4O2/c1-3-9-19-17(24)21-11-7-18(8-12-21)6-4-16(23)22(14-18)15-5-10-20(2)13-15/h15H,3-14H2,1-2H3,(H,19,24)/t15-/m1/s1. The molecule has 24 heavy (non-hydrogen) atoms. The van der Waals surface area contributed by atoms with Crippen LogP contribution in [0.2, 0.25) is 0 Å². The largest absolute Gasteiger partial charge is 0.338 e. The molecule has 0 bridgehead atoms. The number of likely N-dealkylation sites (tertiary alicyclic amines) is 3. The van der Waals surface area contributed by atoms with Gasteiger partial charge < -0.3 is 20.0 Å². The second kappa shape index (κ2) is 7.30. The van der Waals surface area contributed by atoms with Gasteiger partial charge in [0, 0.05) is 45.2 Å². The topological polar surface area (TPSA) is 55.9 Å². The van der Waals surface area contributed by atoms with Crippen molar-refractivity contribution >= 4 is 11.9 Å². The highest BCUT2D eigenvalue weighted by Crippen LogP contribution is 2.41. The third kappa shape index (κ3) is 3.68. The van der Waals surface area contributed by atoms with Crippen molar-refractivity contribution in [2.75, 3.05) is 46.3 Å². The number of carbonyl (C=O) groups excluding carboxylic acids is 2. The van der Waals surface area contributed by atoms with Crippen molar-refractivity contribution in [3.8, 4) is 0 Å². The second-order valence-electron chi connectivity index (χ2n) is 7.95. The number of amides is 3. The lowest BCUT2D eigenvalue weighted by Gasteiger charge is -2.48. The summed E-state index contributed by atoms with van der Waals surface area (Å²) < 4.78 is 0. The summed E-state index contributed by atoms with van der Waals surface area (Å²) in [5, 5.41) is 2.98. The number of carbonyl (C=O) groups is 2. The van der Waals surface area contributed by atoms with Crippen molar-refractivity contribution in [2.45, 2.75) is 51.5 Å². The molecule has 3 fully saturated rings. The number of likely N-dealkylation sites (N-methyl/N-ethyl adjacent to an activating group) is 1. The number of urea groups is 1. The van der Waals surface area contributed by atoms with Crippen LogP contribution in [0.25, 0.3) is 0 Å². The molecule has 3 amide bonds. The van der Waals surface area contributed by atoms with E-state index in [1.807, 2.05) is 4.90 Å². The van der Waals surface area contributed by atoms with Crippen LogP contribution < -0.4 is 5.32 Å². The first-order valence-electron chi connectivity index (χ1n) is 9.54. The van der Waals surface area contributed by atoms with Crippen LogP contribution in [0.4, 0.5) is 4.79 Å². The maximum Gasteiger partial charge on any atom is 0.317 e. The number of hydrogen-bond acceptors (Lipinski definition) is 3. The summed E-state index contributed by atoms with van der Waals surface area (Å²) in [5.41, 5.74) is 0.233. The minimum atomic E-state index is 0.0767. The third-order valence-electron chi connectivity index (χ3n) is 6.14. The molecule has 0 saturated carbocycles. The Morgan fingerprint density at radius 3 is 2.62 bits per heavy atom. The highest BCUT2D eigenvalue weighted by molar-refractivity contribution is 5.78. The summed E-state index contributed by atoms with van der Waals surface area (Å²) in [7, 11) is 2.14. The average molecular weight is 336 g/mol. The Morgan fingerprint density at radius 1 is 1.25 bits per heavy atom. The van der Waals surface area contributed by atoms with Crippen LogP contribution in [-0.2, 0) is 4.79 Å². The molecule has 6 nitrogen and oxygen atoms in total. The van der Waals surface area contributed by atoms with Crippen LogP contribution in [0.15, 0.2) is 0 Å². The van der Waals surface area contributed by atoms with Crippen LogP contribution in [-0.4, -0.2) is 79.0 Å². The van der Waals surface area contributed by atoms with E-state index >= 15 is 0 Å². The molecule has 3 aliphatic heterocycles. The van der Waals surface area contributed by atoms with Crippen molar-refractivity contribution in [3.63, 3.8) is 0 Å². The van der Waals surface area contributed by atoms with E-state index < -0.39 is 0 Å². The molecule has 0 unspecified atom stereocenters. The Morgan fingerprint density at radius 2 is 2.00 bits per heavy atom. The molecule has 3 heterocycles. The van der Waals surface area contributed by atoms with Gasteiger partial charge in [-0.3, -0.25) is 4.79 Å². The summed E-state index contributed by atoms with van der Waals surface area (Å²) in [6.07, 6.45) is 5.80. The van der Waals surface area contributed by atoms with E-state index in [1.54, 1.807) is 0 Å². The molecule has 3 aliphatic rings. The molecule has 136 valence electrons. The van der Waals surface area contributed by atoms with Gasteiger partial charge in [0.05, 0.1) is 0 Å². The average Bonchev–Trinajstić information content (AvgIpc) is 3.02. The molecule has 6 heteroatoms. The molecule has 0 aromatic carbocycles. The maximum absolute atomic E-state index is 12.4. The molecular weight excluding hydrogens is 304 g/mol. The Balaban J connectivity index is 1.57. The normalized spacial score (nSPS) is 27.8. The predicted molar refractivity (Wildman–Crippen MR) is 93.8 cm³/mol. The molecule has 0 aliphatic carbocycles. The quantitative estimate of drug-likeness (QED) is 0.850. The van der Waals surface area contributed by atoms with E-state index in [0.717, 1.165) is 71.4 Å². The first kappa shape index (κ1) is 17.5. The van der Waals surface area contributed by atoms with Gasteiger partial charge in [-0.05, 0) is 51.1 Å². The van der Waals surface area contributed by atoms with Gasteiger partial charge in [0.1, 0.15) is 0 Å². The fourth-order valence-electron chi connectivity index (χ4n) is 4.48. The number of rotatable bonds is 3. The van der Waals surface area contributed by atoms with Crippen LogP contribution >= 0.6 is 0 Å². The lowest BCUT2D eigenvalue weighted by atomic mass is 9.72. The van der Waals surface area contributed by atoms with Gasteiger partial charge in [0.15, 0.2) is 0 Å². The van der Waals surface area contributed by atoms with Crippen molar-refractivity contribution in [2.24, 2.45) is 5.41 Å². The fraction of sp³-hybridized carbons (Fsp3) is 0.889. The van der Waals surface area contributed by atoms with Crippen molar-refractivity contribution in [1.82, 2.24) is 20.0 Å². The monoisotopic (exact) mass is 336 g/mol. The Hall–Kier alpha value is -1.30. The minimum absolute atomic E-state index is 0.0767. The summed E-state index contributed by atoms with van der Waals surface area (Å²) in [6, 6.07) is 0.471. The zero-order valence-corrected chi connectivity index (χ0v) is 15.2. The SMILES string of the molecule is CCCNC(=O)N1CCC2(CCC(=O)N([C@@H]3CCN(C)C3)C2)CC1. The van der Waals surface area contributed by atoms with E-state index in [0.29, 0.717) is 18.4 Å². The Labute approximate surface area is 145 Å². The van der Waals surface area contributed by atoms with E-state index in [4.69, 9.17) is 0 Å². The van der Waals surface area contributed by atoms with Gasteiger partial charge in [0.25, 0.3) is 0 Å². The van der Waals surface area contributed by atoms with Crippen molar-refractivity contribution in [3.05, 3.63) is 0 Å². The molecule has 0 aromatic heterocycles. The van der Waals surface area contributed by atoms with E-state index in [2.05, 4.69) is 29.1 Å². The maximum atomic E-state index is 12.4. The van der Waals surface area contributed by atoms with Gasteiger partial charge >= 0.3 is 6.03 Å². The minimum Gasteiger partial charge on any atom is -0.338 e. The molecule has 1 spiro atoms. The zero-order chi connectivity index (χ0) is 17.2. The molecule has 1 N–H and O–H groups in total. The Kier molecular flexibility index (Phi) is 5.33. The predicted octanol–water partition coefficient (Wildman–Crippen LogP) is 1.51. The number of nitrogens with zero attached hydrogens (tertiary/aromatic N) is 3.